The van der Waals surface area contributed by atoms with Crippen molar-refractivity contribution in [3.8, 4) is 0 Å². The summed E-state index contributed by atoms with van der Waals surface area (Å²) in [7, 11) is 0.461. The highest BCUT2D eigenvalue weighted by molar-refractivity contribution is 6.71. The van der Waals surface area contributed by atoms with E-state index in [9.17, 15) is 0 Å². The molecule has 0 N–H and O–H groups in total. The summed E-state index contributed by atoms with van der Waals surface area (Å²) in [4.78, 5) is 2.54. The summed E-state index contributed by atoms with van der Waals surface area (Å²) >= 11 is 0. The Labute approximate surface area is 84.4 Å². The number of hydrogen-bond donors (Lipinski definition) is 0. The van der Waals surface area contributed by atoms with Gasteiger partial charge in [0.2, 0.25) is 0 Å². The molecule has 80 valence electrons. The van der Waals surface area contributed by atoms with Crippen LogP contribution >= 0.6 is 0 Å². The molecular formula is C10H25NOSi. The van der Waals surface area contributed by atoms with Gasteiger partial charge in [-0.2, -0.15) is 0 Å². The summed E-state index contributed by atoms with van der Waals surface area (Å²) in [5.41, 5.74) is 0. The van der Waals surface area contributed by atoms with E-state index >= 15 is 0 Å². The standard InChI is InChI=1S/C10H25NOSi/c1-6-8-11(9-7-2)10-13(4,5)12-3/h6-10H2,1-5H3. The number of rotatable bonds is 7. The minimum atomic E-state index is -1.39. The summed E-state index contributed by atoms with van der Waals surface area (Å²) in [5.74, 6) is 0. The molecule has 0 rings (SSSR count). The lowest BCUT2D eigenvalue weighted by Gasteiger charge is -2.29. The molecule has 0 aliphatic rings. The number of nitrogens with zero attached hydrogens (tertiary/aromatic N) is 1. The lowest BCUT2D eigenvalue weighted by molar-refractivity contribution is 0.286. The molecule has 0 fully saturated rings. The van der Waals surface area contributed by atoms with Gasteiger partial charge in [0.05, 0.1) is 0 Å². The Hall–Kier alpha value is 0.137. The van der Waals surface area contributed by atoms with E-state index in [0.29, 0.717) is 0 Å². The molecule has 13 heavy (non-hydrogen) atoms. The zero-order valence-corrected chi connectivity index (χ0v) is 10.9. The van der Waals surface area contributed by atoms with E-state index in [4.69, 9.17) is 4.43 Å². The van der Waals surface area contributed by atoms with Crippen LogP contribution in [0.25, 0.3) is 0 Å². The fourth-order valence-corrected chi connectivity index (χ4v) is 3.03. The Balaban J connectivity index is 3.92. The molecule has 0 saturated heterocycles. The molecule has 3 heteroatoms. The maximum Gasteiger partial charge on any atom is 0.199 e. The maximum atomic E-state index is 5.56. The molecule has 0 unspecified atom stereocenters. The fourth-order valence-electron chi connectivity index (χ4n) is 1.51. The van der Waals surface area contributed by atoms with E-state index in [2.05, 4.69) is 31.8 Å². The van der Waals surface area contributed by atoms with Crippen molar-refractivity contribution in [3.63, 3.8) is 0 Å². The summed E-state index contributed by atoms with van der Waals surface area (Å²) in [5, 5.41) is 0. The second-order valence-corrected chi connectivity index (χ2v) is 8.48. The first-order valence-electron chi connectivity index (χ1n) is 5.33. The Morgan fingerprint density at radius 1 is 1.08 bits per heavy atom. The topological polar surface area (TPSA) is 12.5 Å². The Bertz CT molecular complexity index is 122. The molecule has 0 aromatic rings. The van der Waals surface area contributed by atoms with E-state index in [1.165, 1.54) is 32.1 Å². The van der Waals surface area contributed by atoms with Crippen LogP contribution in [0.5, 0.6) is 0 Å². The van der Waals surface area contributed by atoms with Gasteiger partial charge < -0.3 is 9.33 Å². The van der Waals surface area contributed by atoms with Crippen LogP contribution in [0.2, 0.25) is 13.1 Å². The summed E-state index contributed by atoms with van der Waals surface area (Å²) in [6, 6.07) is 0. The molecule has 0 atom stereocenters. The summed E-state index contributed by atoms with van der Waals surface area (Å²) in [6.45, 7) is 11.5. The van der Waals surface area contributed by atoms with Crippen molar-refractivity contribution >= 4 is 8.32 Å². The van der Waals surface area contributed by atoms with Crippen molar-refractivity contribution in [1.29, 1.82) is 0 Å². The highest BCUT2D eigenvalue weighted by Crippen LogP contribution is 2.06. The lowest BCUT2D eigenvalue weighted by atomic mass is 10.4. The minimum absolute atomic E-state index is 1.17. The molecule has 0 spiro atoms. The van der Waals surface area contributed by atoms with Crippen LogP contribution in [0.3, 0.4) is 0 Å². The zero-order chi connectivity index (χ0) is 10.3. The summed E-state index contributed by atoms with van der Waals surface area (Å²) in [6.07, 6.45) is 3.66. The summed E-state index contributed by atoms with van der Waals surface area (Å²) < 4.78 is 5.56. The smallest absolute Gasteiger partial charge is 0.199 e. The van der Waals surface area contributed by atoms with Gasteiger partial charge in [-0.15, -0.1) is 0 Å². The van der Waals surface area contributed by atoms with Gasteiger partial charge in [0.25, 0.3) is 0 Å². The first-order chi connectivity index (χ1) is 6.05. The molecule has 0 heterocycles. The van der Waals surface area contributed by atoms with Gasteiger partial charge in [-0.1, -0.05) is 13.8 Å². The quantitative estimate of drug-likeness (QED) is 0.590. The molecule has 0 aliphatic carbocycles. The van der Waals surface area contributed by atoms with E-state index in [1.807, 2.05) is 7.11 Å². The van der Waals surface area contributed by atoms with Gasteiger partial charge in [0.15, 0.2) is 8.32 Å². The largest absolute Gasteiger partial charge is 0.419 e. The molecule has 0 aliphatic heterocycles. The first-order valence-corrected chi connectivity index (χ1v) is 8.44. The highest BCUT2D eigenvalue weighted by Gasteiger charge is 2.23. The molecule has 0 saturated carbocycles. The van der Waals surface area contributed by atoms with Crippen LogP contribution in [-0.2, 0) is 4.43 Å². The normalized spacial score (nSPS) is 12.5. The van der Waals surface area contributed by atoms with E-state index in [0.717, 1.165) is 0 Å². The van der Waals surface area contributed by atoms with E-state index in [1.54, 1.807) is 0 Å². The third-order valence-electron chi connectivity index (χ3n) is 2.24. The van der Waals surface area contributed by atoms with Gasteiger partial charge in [-0.3, -0.25) is 0 Å². The van der Waals surface area contributed by atoms with E-state index < -0.39 is 8.32 Å². The average molecular weight is 203 g/mol. The van der Waals surface area contributed by atoms with Crippen LogP contribution in [-0.4, -0.2) is 39.6 Å². The van der Waals surface area contributed by atoms with Crippen molar-refractivity contribution in [2.24, 2.45) is 0 Å². The molecule has 0 aromatic carbocycles. The second kappa shape index (κ2) is 6.57. The zero-order valence-electron chi connectivity index (χ0n) is 9.89. The predicted octanol–water partition coefficient (Wildman–Crippen LogP) is 2.50. The van der Waals surface area contributed by atoms with Crippen LogP contribution < -0.4 is 0 Å². The maximum absolute atomic E-state index is 5.56. The lowest BCUT2D eigenvalue weighted by Crippen LogP contribution is -2.45. The van der Waals surface area contributed by atoms with Gasteiger partial charge in [0.1, 0.15) is 0 Å². The van der Waals surface area contributed by atoms with Crippen LogP contribution in [0.15, 0.2) is 0 Å². The van der Waals surface area contributed by atoms with Crippen LogP contribution in [0.1, 0.15) is 26.7 Å². The van der Waals surface area contributed by atoms with Gasteiger partial charge in [-0.05, 0) is 39.0 Å². The van der Waals surface area contributed by atoms with Gasteiger partial charge >= 0.3 is 0 Å². The third kappa shape index (κ3) is 6.24. The van der Waals surface area contributed by atoms with E-state index in [-0.39, 0.29) is 0 Å². The van der Waals surface area contributed by atoms with Gasteiger partial charge in [-0.25, -0.2) is 0 Å². The van der Waals surface area contributed by atoms with Crippen molar-refractivity contribution < 1.29 is 4.43 Å². The molecule has 0 radical (unpaired) electrons. The molecule has 0 aromatic heterocycles. The molecular weight excluding hydrogens is 178 g/mol. The average Bonchev–Trinajstić information content (AvgIpc) is 2.05. The first kappa shape index (κ1) is 13.1. The highest BCUT2D eigenvalue weighted by atomic mass is 28.4. The monoisotopic (exact) mass is 203 g/mol. The van der Waals surface area contributed by atoms with Crippen molar-refractivity contribution in [1.82, 2.24) is 4.90 Å². The second-order valence-electron chi connectivity index (χ2n) is 4.24. The van der Waals surface area contributed by atoms with Crippen LogP contribution in [0, 0.1) is 0 Å². The van der Waals surface area contributed by atoms with Gasteiger partial charge in [0, 0.05) is 13.3 Å². The number of hydrogen-bond acceptors (Lipinski definition) is 2. The SMILES string of the molecule is CCCN(CCC)C[Si](C)(C)OC. The Morgan fingerprint density at radius 3 is 1.85 bits per heavy atom. The van der Waals surface area contributed by atoms with Crippen molar-refractivity contribution in [2.75, 3.05) is 26.4 Å². The van der Waals surface area contributed by atoms with Crippen molar-refractivity contribution in [2.45, 2.75) is 39.8 Å². The fraction of sp³-hybridized carbons (Fsp3) is 1.00. The minimum Gasteiger partial charge on any atom is -0.419 e. The molecule has 0 bridgehead atoms. The van der Waals surface area contributed by atoms with Crippen molar-refractivity contribution in [3.05, 3.63) is 0 Å². The van der Waals surface area contributed by atoms with Crippen LogP contribution in [0.4, 0.5) is 0 Å². The predicted molar refractivity (Wildman–Crippen MR) is 61.5 cm³/mol. The third-order valence-corrected chi connectivity index (χ3v) is 4.55. The molecule has 2 nitrogen and oxygen atoms in total. The Morgan fingerprint density at radius 2 is 1.54 bits per heavy atom. The molecule has 0 amide bonds. The Kier molecular flexibility index (Phi) is 6.64.